The number of fused-ring (bicyclic) bond motifs is 3. The van der Waals surface area contributed by atoms with Crippen molar-refractivity contribution in [3.05, 3.63) is 45.9 Å². The Morgan fingerprint density at radius 1 is 1.15 bits per heavy atom. The van der Waals surface area contributed by atoms with E-state index in [0.717, 1.165) is 31.8 Å². The average Bonchev–Trinajstić information content (AvgIpc) is 2.99. The maximum absolute atomic E-state index is 12.7. The maximum Gasteiger partial charge on any atom is 0.254 e. The number of carbonyl (C=O) groups excluding carboxylic acids is 2. The second-order valence-electron chi connectivity index (χ2n) is 6.42. The van der Waals surface area contributed by atoms with Gasteiger partial charge in [0.15, 0.2) is 0 Å². The van der Waals surface area contributed by atoms with Crippen LogP contribution in [0.4, 0.5) is 0 Å². The molecule has 0 atom stereocenters. The monoisotopic (exact) mass is 415 g/mol. The number of benzene rings is 2. The fourth-order valence-corrected chi connectivity index (χ4v) is 3.95. The molecule has 6 nitrogen and oxygen atoms in total. The van der Waals surface area contributed by atoms with E-state index in [0.29, 0.717) is 31.9 Å². The van der Waals surface area contributed by atoms with E-state index in [1.807, 2.05) is 35.2 Å². The van der Waals surface area contributed by atoms with E-state index in [1.54, 1.807) is 0 Å². The summed E-state index contributed by atoms with van der Waals surface area (Å²) in [7, 11) is 0. The maximum atomic E-state index is 12.7. The summed E-state index contributed by atoms with van der Waals surface area (Å²) in [6, 6.07) is 9.56. The van der Waals surface area contributed by atoms with Crippen LogP contribution in [0.3, 0.4) is 0 Å². The lowest BCUT2D eigenvalue weighted by atomic mass is 10.1. The van der Waals surface area contributed by atoms with Gasteiger partial charge in [-0.1, -0.05) is 22.0 Å². The highest BCUT2D eigenvalue weighted by molar-refractivity contribution is 9.10. The van der Waals surface area contributed by atoms with E-state index >= 15 is 0 Å². The Kier molecular flexibility index (Phi) is 4.42. The standard InChI is InChI=1S/C19H18BrN3O3/c20-13-7-12(9-17(21)24)18-15(10-13)14-2-1-11(8-16(14)22-18)19(25)23-3-5-26-6-4-23/h1-2,7-8,10,22H,3-6,9H2,(H2,21,24). The number of nitrogens with one attached hydrogen (secondary N) is 1. The van der Waals surface area contributed by atoms with Crippen molar-refractivity contribution in [1.29, 1.82) is 0 Å². The number of carbonyl (C=O) groups is 2. The number of rotatable bonds is 3. The van der Waals surface area contributed by atoms with Gasteiger partial charge in [0.05, 0.1) is 25.2 Å². The molecule has 2 amide bonds. The molecule has 4 rings (SSSR count). The van der Waals surface area contributed by atoms with E-state index in [-0.39, 0.29) is 18.2 Å². The number of morpholine rings is 1. The molecule has 1 aliphatic heterocycles. The number of hydrogen-bond acceptors (Lipinski definition) is 3. The molecule has 1 aromatic heterocycles. The number of primary amides is 1. The normalized spacial score (nSPS) is 14.9. The van der Waals surface area contributed by atoms with Gasteiger partial charge in [-0.3, -0.25) is 9.59 Å². The number of ether oxygens (including phenoxy) is 1. The van der Waals surface area contributed by atoms with Crippen molar-refractivity contribution < 1.29 is 14.3 Å². The summed E-state index contributed by atoms with van der Waals surface area (Å²) in [5.74, 6) is -0.376. The minimum atomic E-state index is -0.383. The molecule has 2 aromatic carbocycles. The van der Waals surface area contributed by atoms with Crippen LogP contribution in [0.2, 0.25) is 0 Å². The topological polar surface area (TPSA) is 88.4 Å². The van der Waals surface area contributed by atoms with Gasteiger partial charge >= 0.3 is 0 Å². The van der Waals surface area contributed by atoms with Crippen LogP contribution >= 0.6 is 15.9 Å². The second-order valence-corrected chi connectivity index (χ2v) is 7.34. The Balaban J connectivity index is 1.80. The van der Waals surface area contributed by atoms with Crippen molar-refractivity contribution in [2.75, 3.05) is 26.3 Å². The number of aromatic amines is 1. The third kappa shape index (κ3) is 3.08. The number of H-pyrrole nitrogens is 1. The van der Waals surface area contributed by atoms with Crippen LogP contribution in [-0.2, 0) is 16.0 Å². The Labute approximate surface area is 158 Å². The van der Waals surface area contributed by atoms with Gasteiger partial charge in [-0.05, 0) is 29.8 Å². The van der Waals surface area contributed by atoms with Crippen LogP contribution in [0, 0.1) is 0 Å². The molecule has 0 saturated carbocycles. The van der Waals surface area contributed by atoms with Gasteiger partial charge in [-0.2, -0.15) is 0 Å². The fraction of sp³-hybridized carbons (Fsp3) is 0.263. The molecule has 1 saturated heterocycles. The lowest BCUT2D eigenvalue weighted by molar-refractivity contribution is -0.117. The quantitative estimate of drug-likeness (QED) is 0.688. The number of aromatic nitrogens is 1. The molecule has 3 N–H and O–H groups in total. The third-order valence-corrected chi connectivity index (χ3v) is 5.12. The summed E-state index contributed by atoms with van der Waals surface area (Å²) in [5, 5.41) is 2.00. The Bertz CT molecular complexity index is 1020. The zero-order valence-electron chi connectivity index (χ0n) is 14.0. The molecule has 3 aromatic rings. The Morgan fingerprint density at radius 2 is 1.92 bits per heavy atom. The first-order chi connectivity index (χ1) is 12.5. The van der Waals surface area contributed by atoms with Crippen LogP contribution in [-0.4, -0.2) is 48.0 Å². The largest absolute Gasteiger partial charge is 0.378 e. The molecule has 26 heavy (non-hydrogen) atoms. The van der Waals surface area contributed by atoms with Crippen LogP contribution in [0.1, 0.15) is 15.9 Å². The fourth-order valence-electron chi connectivity index (χ4n) is 3.45. The van der Waals surface area contributed by atoms with E-state index in [4.69, 9.17) is 10.5 Å². The molecule has 2 heterocycles. The van der Waals surface area contributed by atoms with Gasteiger partial charge < -0.3 is 20.4 Å². The highest BCUT2D eigenvalue weighted by atomic mass is 79.9. The van der Waals surface area contributed by atoms with Crippen molar-refractivity contribution in [3.63, 3.8) is 0 Å². The van der Waals surface area contributed by atoms with Gasteiger partial charge in [0.1, 0.15) is 0 Å². The van der Waals surface area contributed by atoms with E-state index < -0.39 is 0 Å². The molecule has 1 aliphatic rings. The molecule has 7 heteroatoms. The van der Waals surface area contributed by atoms with Crippen LogP contribution in [0.5, 0.6) is 0 Å². The van der Waals surface area contributed by atoms with Crippen molar-refractivity contribution in [2.45, 2.75) is 6.42 Å². The van der Waals surface area contributed by atoms with Crippen LogP contribution in [0.15, 0.2) is 34.8 Å². The third-order valence-electron chi connectivity index (χ3n) is 4.66. The van der Waals surface area contributed by atoms with Crippen molar-refractivity contribution in [1.82, 2.24) is 9.88 Å². The predicted octanol–water partition coefficient (Wildman–Crippen LogP) is 2.58. The highest BCUT2D eigenvalue weighted by Crippen LogP contribution is 2.32. The van der Waals surface area contributed by atoms with Crippen LogP contribution < -0.4 is 5.73 Å². The molecule has 0 aliphatic carbocycles. The van der Waals surface area contributed by atoms with Gasteiger partial charge in [-0.15, -0.1) is 0 Å². The zero-order valence-corrected chi connectivity index (χ0v) is 15.6. The first kappa shape index (κ1) is 17.1. The van der Waals surface area contributed by atoms with Crippen molar-refractivity contribution in [2.24, 2.45) is 5.73 Å². The van der Waals surface area contributed by atoms with E-state index in [2.05, 4.69) is 20.9 Å². The second kappa shape index (κ2) is 6.74. The number of amides is 2. The van der Waals surface area contributed by atoms with Gasteiger partial charge in [0, 0.05) is 39.4 Å². The lowest BCUT2D eigenvalue weighted by Gasteiger charge is -2.26. The number of hydrogen-bond donors (Lipinski definition) is 2. The summed E-state index contributed by atoms with van der Waals surface area (Å²) in [4.78, 5) is 29.3. The SMILES string of the molecule is NC(=O)Cc1cc(Br)cc2c1[nH]c1cc(C(=O)N3CCOCC3)ccc12. The first-order valence-corrected chi connectivity index (χ1v) is 9.21. The summed E-state index contributed by atoms with van der Waals surface area (Å²) >= 11 is 3.49. The molecule has 0 radical (unpaired) electrons. The van der Waals surface area contributed by atoms with Crippen LogP contribution in [0.25, 0.3) is 21.8 Å². The van der Waals surface area contributed by atoms with E-state index in [9.17, 15) is 9.59 Å². The molecular weight excluding hydrogens is 398 g/mol. The van der Waals surface area contributed by atoms with Crippen molar-refractivity contribution in [3.8, 4) is 0 Å². The minimum Gasteiger partial charge on any atom is -0.378 e. The smallest absolute Gasteiger partial charge is 0.254 e. The molecule has 134 valence electrons. The predicted molar refractivity (Wildman–Crippen MR) is 103 cm³/mol. The zero-order chi connectivity index (χ0) is 18.3. The molecule has 0 unspecified atom stereocenters. The minimum absolute atomic E-state index is 0.00685. The summed E-state index contributed by atoms with van der Waals surface area (Å²) in [6.07, 6.45) is 0.155. The highest BCUT2D eigenvalue weighted by Gasteiger charge is 2.19. The average molecular weight is 416 g/mol. The van der Waals surface area contributed by atoms with Gasteiger partial charge in [0.2, 0.25) is 5.91 Å². The summed E-state index contributed by atoms with van der Waals surface area (Å²) in [5.41, 5.74) is 8.59. The van der Waals surface area contributed by atoms with Gasteiger partial charge in [0.25, 0.3) is 5.91 Å². The van der Waals surface area contributed by atoms with E-state index in [1.165, 1.54) is 0 Å². The Hall–Kier alpha value is -2.38. The summed E-state index contributed by atoms with van der Waals surface area (Å²) < 4.78 is 6.19. The first-order valence-electron chi connectivity index (χ1n) is 8.42. The lowest BCUT2D eigenvalue weighted by Crippen LogP contribution is -2.40. The number of halogens is 1. The molecule has 1 fully saturated rings. The molecular formula is C19H18BrN3O3. The van der Waals surface area contributed by atoms with Crippen molar-refractivity contribution >= 4 is 49.6 Å². The number of nitrogens with two attached hydrogens (primary N) is 1. The number of nitrogens with zero attached hydrogens (tertiary/aromatic N) is 1. The molecule has 0 bridgehead atoms. The Morgan fingerprint density at radius 3 is 2.65 bits per heavy atom. The van der Waals surface area contributed by atoms with Gasteiger partial charge in [-0.25, -0.2) is 0 Å². The summed E-state index contributed by atoms with van der Waals surface area (Å²) in [6.45, 7) is 2.37. The molecule has 0 spiro atoms.